The van der Waals surface area contributed by atoms with Gasteiger partial charge in [-0.1, -0.05) is 12.1 Å². The van der Waals surface area contributed by atoms with Crippen LogP contribution in [0.15, 0.2) is 41.2 Å². The number of aromatic amines is 1. The van der Waals surface area contributed by atoms with Crippen molar-refractivity contribution in [2.45, 2.75) is 31.5 Å². The molecule has 1 amide bonds. The lowest BCUT2D eigenvalue weighted by Gasteiger charge is -2.33. The van der Waals surface area contributed by atoms with Crippen LogP contribution in [0.1, 0.15) is 30.0 Å². The van der Waals surface area contributed by atoms with Crippen molar-refractivity contribution in [3.63, 3.8) is 0 Å². The predicted molar refractivity (Wildman–Crippen MR) is 116 cm³/mol. The number of benzene rings is 2. The molecule has 1 aromatic heterocycles. The van der Waals surface area contributed by atoms with Crippen LogP contribution in [0.25, 0.3) is 11.0 Å². The summed E-state index contributed by atoms with van der Waals surface area (Å²) < 4.78 is 52.3. The van der Waals surface area contributed by atoms with Crippen LogP contribution >= 0.6 is 0 Å². The van der Waals surface area contributed by atoms with E-state index in [0.29, 0.717) is 37.4 Å². The van der Waals surface area contributed by atoms with E-state index in [4.69, 9.17) is 9.47 Å². The van der Waals surface area contributed by atoms with E-state index in [1.54, 1.807) is 23.1 Å². The van der Waals surface area contributed by atoms with Gasteiger partial charge in [-0.3, -0.25) is 9.36 Å². The minimum Gasteiger partial charge on any atom is -0.493 e. The molecule has 2 aromatic carbocycles. The third-order valence-electron chi connectivity index (χ3n) is 6.03. The minimum atomic E-state index is -4.58. The van der Waals surface area contributed by atoms with Crippen LogP contribution in [-0.2, 0) is 17.4 Å². The number of likely N-dealkylation sites (tertiary alicyclic amines) is 1. The van der Waals surface area contributed by atoms with Gasteiger partial charge in [0.15, 0.2) is 11.5 Å². The Morgan fingerprint density at radius 2 is 1.79 bits per heavy atom. The third-order valence-corrected chi connectivity index (χ3v) is 6.03. The highest BCUT2D eigenvalue weighted by molar-refractivity contribution is 5.80. The molecule has 0 saturated carbocycles. The second kappa shape index (κ2) is 8.84. The van der Waals surface area contributed by atoms with Crippen molar-refractivity contribution in [1.29, 1.82) is 0 Å². The van der Waals surface area contributed by atoms with Crippen molar-refractivity contribution in [3.05, 3.63) is 58.0 Å². The normalized spacial score (nSPS) is 15.1. The number of methoxy groups -OCH3 is 2. The maximum atomic E-state index is 13.6. The zero-order valence-corrected chi connectivity index (χ0v) is 18.2. The maximum absolute atomic E-state index is 13.6. The number of para-hydroxylation sites is 1. The van der Waals surface area contributed by atoms with Crippen molar-refractivity contribution in [2.24, 2.45) is 0 Å². The number of ether oxygens (including phenoxy) is 2. The molecular weight excluding hydrogens is 439 g/mol. The summed E-state index contributed by atoms with van der Waals surface area (Å²) in [6, 6.07) is 8.55. The first-order valence-corrected chi connectivity index (χ1v) is 10.5. The van der Waals surface area contributed by atoms with Crippen molar-refractivity contribution in [2.75, 3.05) is 27.3 Å². The number of amides is 1. The average Bonchev–Trinajstić information content (AvgIpc) is 3.14. The first kappa shape index (κ1) is 22.8. The predicted octanol–water partition coefficient (Wildman–Crippen LogP) is 3.77. The highest BCUT2D eigenvalue weighted by atomic mass is 19.4. The zero-order valence-electron chi connectivity index (χ0n) is 18.2. The quantitative estimate of drug-likeness (QED) is 0.625. The number of carbonyl (C=O) groups excluding carboxylic acids is 1. The van der Waals surface area contributed by atoms with Gasteiger partial charge < -0.3 is 19.4 Å². The van der Waals surface area contributed by atoms with Gasteiger partial charge in [0.2, 0.25) is 5.91 Å². The van der Waals surface area contributed by atoms with E-state index >= 15 is 0 Å². The zero-order chi connectivity index (χ0) is 23.8. The number of imidazole rings is 1. The van der Waals surface area contributed by atoms with E-state index < -0.39 is 23.5 Å². The molecule has 1 aliphatic heterocycles. The fraction of sp³-hybridized carbons (Fsp3) is 0.391. The van der Waals surface area contributed by atoms with Crippen LogP contribution in [0.4, 0.5) is 13.2 Å². The molecule has 7 nitrogen and oxygen atoms in total. The fourth-order valence-electron chi connectivity index (χ4n) is 4.41. The number of aromatic nitrogens is 2. The average molecular weight is 463 g/mol. The van der Waals surface area contributed by atoms with Gasteiger partial charge in [-0.2, -0.15) is 13.2 Å². The molecule has 0 radical (unpaired) electrons. The summed E-state index contributed by atoms with van der Waals surface area (Å²) in [5, 5.41) is 0. The first-order chi connectivity index (χ1) is 15.7. The number of nitrogens with one attached hydrogen (secondary N) is 1. The number of hydrogen-bond donors (Lipinski definition) is 1. The summed E-state index contributed by atoms with van der Waals surface area (Å²) in [5.74, 6) is 1.00. The van der Waals surface area contributed by atoms with Crippen LogP contribution in [0.5, 0.6) is 11.5 Å². The third kappa shape index (κ3) is 4.42. The van der Waals surface area contributed by atoms with Gasteiger partial charge >= 0.3 is 11.9 Å². The summed E-state index contributed by atoms with van der Waals surface area (Å²) >= 11 is 0. The molecule has 1 aliphatic rings. The Balaban J connectivity index is 1.50. The van der Waals surface area contributed by atoms with Gasteiger partial charge in [-0.15, -0.1) is 0 Å². The van der Waals surface area contributed by atoms with E-state index in [9.17, 15) is 22.8 Å². The molecule has 33 heavy (non-hydrogen) atoms. The summed E-state index contributed by atoms with van der Waals surface area (Å²) in [5.41, 5.74) is -0.628. The lowest BCUT2D eigenvalue weighted by atomic mass is 10.0. The molecule has 0 aliphatic carbocycles. The molecule has 0 bridgehead atoms. The minimum absolute atomic E-state index is 0.0945. The van der Waals surface area contributed by atoms with Gasteiger partial charge in [0.1, 0.15) is 0 Å². The number of alkyl halides is 3. The molecule has 0 atom stereocenters. The molecule has 0 unspecified atom stereocenters. The molecule has 1 N–H and O–H groups in total. The number of piperidine rings is 1. The topological polar surface area (TPSA) is 76.6 Å². The van der Waals surface area contributed by atoms with Gasteiger partial charge in [-0.05, 0) is 42.7 Å². The standard InChI is InChI=1S/C23H24F3N3O4/c1-32-18-7-6-14(12-19(18)33-2)13-20(30)28-10-8-15(9-11-28)29-21-16(23(24,25)26)4-3-5-17(21)27-22(29)31/h3-7,12,15H,8-11,13H2,1-2H3,(H,27,31). The van der Waals surface area contributed by atoms with E-state index in [-0.39, 0.29) is 23.4 Å². The summed E-state index contributed by atoms with van der Waals surface area (Å²) in [6.45, 7) is 0.703. The molecule has 1 fully saturated rings. The van der Waals surface area contributed by atoms with Gasteiger partial charge in [-0.25, -0.2) is 4.79 Å². The van der Waals surface area contributed by atoms with Crippen LogP contribution < -0.4 is 15.2 Å². The molecular formula is C23H24F3N3O4. The number of hydrogen-bond acceptors (Lipinski definition) is 4. The van der Waals surface area contributed by atoms with E-state index in [2.05, 4.69) is 4.98 Å². The molecule has 176 valence electrons. The number of nitrogens with zero attached hydrogens (tertiary/aromatic N) is 2. The highest BCUT2D eigenvalue weighted by Gasteiger charge is 2.36. The van der Waals surface area contributed by atoms with Crippen LogP contribution in [0, 0.1) is 0 Å². The highest BCUT2D eigenvalue weighted by Crippen LogP contribution is 2.36. The number of H-pyrrole nitrogens is 1. The molecule has 2 heterocycles. The second-order valence-electron chi connectivity index (χ2n) is 7.98. The largest absolute Gasteiger partial charge is 0.493 e. The molecule has 3 aromatic rings. The summed E-state index contributed by atoms with van der Waals surface area (Å²) in [6.07, 6.45) is -3.64. The van der Waals surface area contributed by atoms with E-state index in [1.807, 2.05) is 0 Å². The monoisotopic (exact) mass is 463 g/mol. The smallest absolute Gasteiger partial charge is 0.418 e. The van der Waals surface area contributed by atoms with Gasteiger partial charge in [0.25, 0.3) is 0 Å². The van der Waals surface area contributed by atoms with Crippen LogP contribution in [0.3, 0.4) is 0 Å². The molecule has 0 spiro atoms. The maximum Gasteiger partial charge on any atom is 0.418 e. The van der Waals surface area contributed by atoms with Crippen LogP contribution in [-0.4, -0.2) is 47.7 Å². The molecule has 1 saturated heterocycles. The number of fused-ring (bicyclic) bond motifs is 1. The Kier molecular flexibility index (Phi) is 6.09. The lowest BCUT2D eigenvalue weighted by Crippen LogP contribution is -2.41. The number of rotatable bonds is 5. The SMILES string of the molecule is COc1ccc(CC(=O)N2CCC(n3c(=O)[nH]c4cccc(C(F)(F)F)c43)CC2)cc1OC. The number of halogens is 3. The van der Waals surface area contributed by atoms with E-state index in [1.165, 1.54) is 30.9 Å². The van der Waals surface area contributed by atoms with E-state index in [0.717, 1.165) is 11.6 Å². The molecule has 4 rings (SSSR count). The Bertz CT molecular complexity index is 1220. The lowest BCUT2D eigenvalue weighted by molar-refractivity contribution is -0.136. The Hall–Kier alpha value is -3.43. The Morgan fingerprint density at radius 3 is 2.42 bits per heavy atom. The molecule has 10 heteroatoms. The van der Waals surface area contributed by atoms with Crippen LogP contribution in [0.2, 0.25) is 0 Å². The fourth-order valence-corrected chi connectivity index (χ4v) is 4.41. The second-order valence-corrected chi connectivity index (χ2v) is 7.98. The van der Waals surface area contributed by atoms with Gasteiger partial charge in [0, 0.05) is 19.1 Å². The van der Waals surface area contributed by atoms with Crippen molar-refractivity contribution < 1.29 is 27.4 Å². The van der Waals surface area contributed by atoms with Gasteiger partial charge in [0.05, 0.1) is 37.2 Å². The van der Waals surface area contributed by atoms with Crippen molar-refractivity contribution in [3.8, 4) is 11.5 Å². The Morgan fingerprint density at radius 1 is 1.09 bits per heavy atom. The number of carbonyl (C=O) groups is 1. The first-order valence-electron chi connectivity index (χ1n) is 10.5. The van der Waals surface area contributed by atoms with Crippen molar-refractivity contribution >= 4 is 16.9 Å². The van der Waals surface area contributed by atoms with Crippen molar-refractivity contribution in [1.82, 2.24) is 14.5 Å². The Labute approximate surface area is 187 Å². The summed E-state index contributed by atoms with van der Waals surface area (Å²) in [4.78, 5) is 29.5. The summed E-state index contributed by atoms with van der Waals surface area (Å²) in [7, 11) is 3.05.